The van der Waals surface area contributed by atoms with Crippen molar-refractivity contribution in [3.8, 4) is 0 Å². The van der Waals surface area contributed by atoms with Crippen LogP contribution in [0.2, 0.25) is 0 Å². The second kappa shape index (κ2) is 5.56. The van der Waals surface area contributed by atoms with Gasteiger partial charge in [-0.3, -0.25) is 5.43 Å². The Balaban J connectivity index is 2.56. The summed E-state index contributed by atoms with van der Waals surface area (Å²) in [4.78, 5) is 9.58. The lowest BCUT2D eigenvalue weighted by molar-refractivity contribution is 0.853. The maximum atomic E-state index is 5.28. The molecule has 0 bridgehead atoms. The van der Waals surface area contributed by atoms with Crippen LogP contribution >= 0.6 is 11.3 Å². The Kier molecular flexibility index (Phi) is 4.34. The van der Waals surface area contributed by atoms with Gasteiger partial charge in [0.25, 0.3) is 0 Å². The molecule has 0 amide bonds. The van der Waals surface area contributed by atoms with Crippen molar-refractivity contribution < 1.29 is 0 Å². The summed E-state index contributed by atoms with van der Waals surface area (Å²) < 4.78 is 0. The standard InChI is InChI=1S/C8H15N5S/c1-3-10-8(13-9)11-4-7-6(2)12-5-14-7/h5H,3-4,9H2,1-2H3,(H2,10,11,13). The summed E-state index contributed by atoms with van der Waals surface area (Å²) in [5, 5.41) is 3.01. The first kappa shape index (κ1) is 10.9. The number of thiazole rings is 1. The van der Waals surface area contributed by atoms with E-state index in [1.165, 1.54) is 0 Å². The summed E-state index contributed by atoms with van der Waals surface area (Å²) in [6.07, 6.45) is 0. The lowest BCUT2D eigenvalue weighted by Gasteiger charge is -2.05. The van der Waals surface area contributed by atoms with Gasteiger partial charge < -0.3 is 5.32 Å². The van der Waals surface area contributed by atoms with E-state index in [1.807, 2.05) is 19.4 Å². The van der Waals surface area contributed by atoms with Gasteiger partial charge in [-0.25, -0.2) is 15.8 Å². The van der Waals surface area contributed by atoms with Gasteiger partial charge in [-0.2, -0.15) is 0 Å². The van der Waals surface area contributed by atoms with Gasteiger partial charge >= 0.3 is 0 Å². The predicted molar refractivity (Wildman–Crippen MR) is 59.0 cm³/mol. The van der Waals surface area contributed by atoms with E-state index in [0.29, 0.717) is 12.5 Å². The number of aromatic nitrogens is 1. The molecule has 0 unspecified atom stereocenters. The minimum atomic E-state index is 0.611. The average molecular weight is 213 g/mol. The predicted octanol–water partition coefficient (Wildman–Crippen LogP) is 0.380. The van der Waals surface area contributed by atoms with E-state index in [1.54, 1.807) is 11.3 Å². The highest BCUT2D eigenvalue weighted by atomic mass is 32.1. The monoisotopic (exact) mass is 213 g/mol. The number of aryl methyl sites for hydroxylation is 1. The Hall–Kier alpha value is -1.14. The number of aliphatic imine (C=N–C) groups is 1. The topological polar surface area (TPSA) is 75.3 Å². The second-order valence-electron chi connectivity index (χ2n) is 2.70. The molecule has 0 aliphatic carbocycles. The molecule has 1 heterocycles. The van der Waals surface area contributed by atoms with Crippen molar-refractivity contribution in [2.24, 2.45) is 10.8 Å². The van der Waals surface area contributed by atoms with Gasteiger partial charge in [-0.15, -0.1) is 11.3 Å². The lowest BCUT2D eigenvalue weighted by Crippen LogP contribution is -2.41. The third-order valence-electron chi connectivity index (χ3n) is 1.71. The lowest BCUT2D eigenvalue weighted by atomic mass is 10.4. The summed E-state index contributed by atoms with van der Waals surface area (Å²) in [7, 11) is 0. The van der Waals surface area contributed by atoms with Crippen LogP contribution in [-0.4, -0.2) is 17.5 Å². The van der Waals surface area contributed by atoms with E-state index in [2.05, 4.69) is 20.7 Å². The van der Waals surface area contributed by atoms with Crippen molar-refractivity contribution >= 4 is 17.3 Å². The highest BCUT2D eigenvalue weighted by molar-refractivity contribution is 7.09. The molecule has 0 fully saturated rings. The minimum absolute atomic E-state index is 0.611. The number of rotatable bonds is 3. The molecule has 0 aliphatic rings. The van der Waals surface area contributed by atoms with E-state index < -0.39 is 0 Å². The number of hydrogen-bond donors (Lipinski definition) is 3. The molecule has 14 heavy (non-hydrogen) atoms. The van der Waals surface area contributed by atoms with Crippen LogP contribution in [0.5, 0.6) is 0 Å². The van der Waals surface area contributed by atoms with Crippen LogP contribution in [0.15, 0.2) is 10.5 Å². The first-order valence-electron chi connectivity index (χ1n) is 4.41. The average Bonchev–Trinajstić information content (AvgIpc) is 2.59. The van der Waals surface area contributed by atoms with Crippen LogP contribution < -0.4 is 16.6 Å². The van der Waals surface area contributed by atoms with Crippen LogP contribution in [0, 0.1) is 6.92 Å². The van der Waals surface area contributed by atoms with Crippen LogP contribution in [0.1, 0.15) is 17.5 Å². The molecule has 6 heteroatoms. The van der Waals surface area contributed by atoms with Crippen molar-refractivity contribution in [1.82, 2.24) is 15.7 Å². The molecule has 0 saturated heterocycles. The van der Waals surface area contributed by atoms with Gasteiger partial charge in [0.15, 0.2) is 0 Å². The molecule has 0 spiro atoms. The van der Waals surface area contributed by atoms with Gasteiger partial charge in [-0.1, -0.05) is 0 Å². The van der Waals surface area contributed by atoms with Crippen molar-refractivity contribution in [3.05, 3.63) is 16.1 Å². The largest absolute Gasteiger partial charge is 0.356 e. The van der Waals surface area contributed by atoms with Crippen LogP contribution in [-0.2, 0) is 6.54 Å². The summed E-state index contributed by atoms with van der Waals surface area (Å²) >= 11 is 1.61. The van der Waals surface area contributed by atoms with Gasteiger partial charge in [0.05, 0.1) is 17.7 Å². The molecule has 78 valence electrons. The minimum Gasteiger partial charge on any atom is -0.356 e. The third kappa shape index (κ3) is 2.97. The normalized spacial score (nSPS) is 11.5. The van der Waals surface area contributed by atoms with E-state index in [0.717, 1.165) is 17.1 Å². The molecule has 0 saturated carbocycles. The molecular weight excluding hydrogens is 198 g/mol. The molecule has 5 nitrogen and oxygen atoms in total. The Bertz CT molecular complexity index is 306. The molecule has 0 aromatic carbocycles. The molecule has 0 atom stereocenters. The van der Waals surface area contributed by atoms with Gasteiger partial charge in [-0.05, 0) is 13.8 Å². The zero-order valence-corrected chi connectivity index (χ0v) is 9.19. The molecule has 1 aromatic rings. The Morgan fingerprint density at radius 1 is 1.71 bits per heavy atom. The number of hydrogen-bond acceptors (Lipinski definition) is 4. The zero-order valence-electron chi connectivity index (χ0n) is 8.37. The molecule has 0 aliphatic heterocycles. The molecular formula is C8H15N5S. The maximum absolute atomic E-state index is 5.28. The van der Waals surface area contributed by atoms with Gasteiger partial charge in [0.1, 0.15) is 0 Å². The first-order valence-corrected chi connectivity index (χ1v) is 5.29. The number of guanidine groups is 1. The zero-order chi connectivity index (χ0) is 10.4. The van der Waals surface area contributed by atoms with E-state index >= 15 is 0 Å². The summed E-state index contributed by atoms with van der Waals surface area (Å²) in [5.41, 5.74) is 5.36. The highest BCUT2D eigenvalue weighted by Gasteiger charge is 2.00. The van der Waals surface area contributed by atoms with Gasteiger partial charge in [0, 0.05) is 11.4 Å². The number of hydrazine groups is 1. The van der Waals surface area contributed by atoms with Crippen LogP contribution in [0.3, 0.4) is 0 Å². The van der Waals surface area contributed by atoms with Crippen molar-refractivity contribution in [2.75, 3.05) is 6.54 Å². The number of nitrogens with one attached hydrogen (secondary N) is 2. The van der Waals surface area contributed by atoms with E-state index in [9.17, 15) is 0 Å². The van der Waals surface area contributed by atoms with Crippen molar-refractivity contribution in [2.45, 2.75) is 20.4 Å². The smallest absolute Gasteiger partial charge is 0.206 e. The fourth-order valence-corrected chi connectivity index (χ4v) is 1.65. The quantitative estimate of drug-likeness (QED) is 0.294. The SMILES string of the molecule is CCNC(=NCc1scnc1C)NN. The summed E-state index contributed by atoms with van der Waals surface area (Å²) in [6.45, 7) is 5.38. The fraction of sp³-hybridized carbons (Fsp3) is 0.500. The molecule has 1 rings (SSSR count). The Labute approximate surface area is 87.4 Å². The maximum Gasteiger partial charge on any atom is 0.206 e. The summed E-state index contributed by atoms with van der Waals surface area (Å²) in [6, 6.07) is 0. The summed E-state index contributed by atoms with van der Waals surface area (Å²) in [5.74, 6) is 5.89. The highest BCUT2D eigenvalue weighted by Crippen LogP contribution is 2.12. The Morgan fingerprint density at radius 2 is 2.50 bits per heavy atom. The number of nitrogens with two attached hydrogens (primary N) is 1. The third-order valence-corrected chi connectivity index (χ3v) is 2.63. The van der Waals surface area contributed by atoms with Crippen molar-refractivity contribution in [1.29, 1.82) is 0 Å². The molecule has 4 N–H and O–H groups in total. The van der Waals surface area contributed by atoms with Crippen LogP contribution in [0.4, 0.5) is 0 Å². The number of nitrogens with zero attached hydrogens (tertiary/aromatic N) is 2. The van der Waals surface area contributed by atoms with E-state index in [4.69, 9.17) is 5.84 Å². The first-order chi connectivity index (χ1) is 6.77. The molecule has 1 aromatic heterocycles. The van der Waals surface area contributed by atoms with Crippen molar-refractivity contribution in [3.63, 3.8) is 0 Å². The second-order valence-corrected chi connectivity index (χ2v) is 3.64. The Morgan fingerprint density at radius 3 is 3.00 bits per heavy atom. The fourth-order valence-electron chi connectivity index (χ4n) is 0.949. The van der Waals surface area contributed by atoms with Crippen LogP contribution in [0.25, 0.3) is 0 Å². The molecule has 0 radical (unpaired) electrons. The van der Waals surface area contributed by atoms with Gasteiger partial charge in [0.2, 0.25) is 5.96 Å². The van der Waals surface area contributed by atoms with E-state index in [-0.39, 0.29) is 0 Å².